The molecule has 0 N–H and O–H groups in total. The summed E-state index contributed by atoms with van der Waals surface area (Å²) in [5.74, 6) is -0.317. The van der Waals surface area contributed by atoms with Crippen LogP contribution in [0.25, 0.3) is 16.3 Å². The summed E-state index contributed by atoms with van der Waals surface area (Å²) < 4.78 is 6.89. The molecule has 3 rings (SSSR count). The number of benzene rings is 1. The summed E-state index contributed by atoms with van der Waals surface area (Å²) in [6, 6.07) is 15.7. The molecule has 0 saturated heterocycles. The molecular weight excluding hydrogens is 270 g/mol. The molecule has 100 valence electrons. The van der Waals surface area contributed by atoms with Crippen LogP contribution >= 0.6 is 11.3 Å². The van der Waals surface area contributed by atoms with Crippen LogP contribution < -0.4 is 0 Å². The monoisotopic (exact) mass is 283 g/mol. The Bertz CT molecular complexity index is 714. The smallest absolute Gasteiger partial charge is 0.340 e. The highest BCUT2D eigenvalue weighted by atomic mass is 32.1. The maximum atomic E-state index is 11.9. The molecule has 0 aliphatic carbocycles. The van der Waals surface area contributed by atoms with E-state index < -0.39 is 0 Å². The third-order valence-electron chi connectivity index (χ3n) is 3.08. The van der Waals surface area contributed by atoms with Gasteiger partial charge in [-0.1, -0.05) is 24.3 Å². The molecule has 0 saturated carbocycles. The average Bonchev–Trinajstić information content (AvgIpc) is 3.15. The highest BCUT2D eigenvalue weighted by Gasteiger charge is 2.19. The third kappa shape index (κ3) is 2.14. The van der Waals surface area contributed by atoms with Crippen LogP contribution in [0.1, 0.15) is 10.4 Å². The number of esters is 1. The number of methoxy groups -OCH3 is 1. The highest BCUT2D eigenvalue weighted by molar-refractivity contribution is 7.13. The van der Waals surface area contributed by atoms with E-state index in [-0.39, 0.29) is 5.97 Å². The second-order valence-electron chi connectivity index (χ2n) is 4.25. The Morgan fingerprint density at radius 3 is 2.55 bits per heavy atom. The molecule has 0 unspecified atom stereocenters. The number of hydrogen-bond donors (Lipinski definition) is 0. The number of rotatable bonds is 3. The minimum atomic E-state index is -0.317. The zero-order valence-electron chi connectivity index (χ0n) is 10.9. The Balaban J connectivity index is 2.22. The van der Waals surface area contributed by atoms with E-state index in [4.69, 9.17) is 4.74 Å². The van der Waals surface area contributed by atoms with Crippen molar-refractivity contribution in [2.45, 2.75) is 0 Å². The molecular formula is C16H13NO2S. The number of hydrogen-bond acceptors (Lipinski definition) is 3. The summed E-state index contributed by atoms with van der Waals surface area (Å²) in [7, 11) is 1.40. The second-order valence-corrected chi connectivity index (χ2v) is 5.20. The fourth-order valence-electron chi connectivity index (χ4n) is 2.18. The first-order valence-electron chi connectivity index (χ1n) is 6.20. The van der Waals surface area contributed by atoms with Crippen LogP contribution in [0, 0.1) is 0 Å². The molecule has 3 nitrogen and oxygen atoms in total. The van der Waals surface area contributed by atoms with Gasteiger partial charge in [0, 0.05) is 11.9 Å². The van der Waals surface area contributed by atoms with E-state index in [2.05, 4.69) is 0 Å². The van der Waals surface area contributed by atoms with Crippen LogP contribution in [-0.4, -0.2) is 17.6 Å². The zero-order valence-corrected chi connectivity index (χ0v) is 11.8. The van der Waals surface area contributed by atoms with Gasteiger partial charge in [-0.3, -0.25) is 0 Å². The van der Waals surface area contributed by atoms with Gasteiger partial charge in [0.1, 0.15) is 0 Å². The van der Waals surface area contributed by atoms with E-state index >= 15 is 0 Å². The number of thiophene rings is 1. The maximum absolute atomic E-state index is 11.9. The van der Waals surface area contributed by atoms with E-state index in [0.29, 0.717) is 5.56 Å². The molecule has 0 amide bonds. The van der Waals surface area contributed by atoms with Gasteiger partial charge >= 0.3 is 5.97 Å². The van der Waals surface area contributed by atoms with Crippen LogP contribution in [0.4, 0.5) is 0 Å². The maximum Gasteiger partial charge on any atom is 0.340 e. The summed E-state index contributed by atoms with van der Waals surface area (Å²) in [6.07, 6.45) is 1.90. The Morgan fingerprint density at radius 1 is 1.10 bits per heavy atom. The van der Waals surface area contributed by atoms with Crippen molar-refractivity contribution in [3.8, 4) is 16.3 Å². The zero-order chi connectivity index (χ0) is 13.9. The molecule has 0 aliphatic rings. The molecule has 0 aliphatic heterocycles. The molecule has 0 radical (unpaired) electrons. The SMILES string of the molecule is COC(=O)c1ccn(-c2ccccc2)c1-c1cccs1. The van der Waals surface area contributed by atoms with Crippen LogP contribution in [-0.2, 0) is 4.74 Å². The predicted octanol–water partition coefficient (Wildman–Crippen LogP) is 3.99. The lowest BCUT2D eigenvalue weighted by atomic mass is 10.2. The Morgan fingerprint density at radius 2 is 1.90 bits per heavy atom. The molecule has 2 heterocycles. The molecule has 0 spiro atoms. The molecule has 20 heavy (non-hydrogen) atoms. The van der Waals surface area contributed by atoms with Crippen LogP contribution in [0.3, 0.4) is 0 Å². The third-order valence-corrected chi connectivity index (χ3v) is 3.96. The summed E-state index contributed by atoms with van der Waals surface area (Å²) >= 11 is 1.60. The largest absolute Gasteiger partial charge is 0.465 e. The summed E-state index contributed by atoms with van der Waals surface area (Å²) in [6.45, 7) is 0. The van der Waals surface area contributed by atoms with Gasteiger partial charge in [0.25, 0.3) is 0 Å². The van der Waals surface area contributed by atoms with Crippen LogP contribution in [0.5, 0.6) is 0 Å². The van der Waals surface area contributed by atoms with Gasteiger partial charge in [-0.25, -0.2) is 4.79 Å². The standard InChI is InChI=1S/C16H13NO2S/c1-19-16(18)13-9-10-17(12-6-3-2-4-7-12)15(13)14-8-5-11-20-14/h2-11H,1H3. The number of carbonyl (C=O) groups excluding carboxylic acids is 1. The number of para-hydroxylation sites is 1. The van der Waals surface area contributed by atoms with Gasteiger partial charge in [-0.15, -0.1) is 11.3 Å². The van der Waals surface area contributed by atoms with Gasteiger partial charge in [-0.05, 0) is 29.6 Å². The van der Waals surface area contributed by atoms with Crippen molar-refractivity contribution >= 4 is 17.3 Å². The van der Waals surface area contributed by atoms with Gasteiger partial charge in [0.05, 0.1) is 23.2 Å². The van der Waals surface area contributed by atoms with Crippen molar-refractivity contribution in [1.82, 2.24) is 4.57 Å². The molecule has 2 aromatic heterocycles. The normalized spacial score (nSPS) is 10.4. The average molecular weight is 283 g/mol. The van der Waals surface area contributed by atoms with Gasteiger partial charge < -0.3 is 9.30 Å². The first-order valence-corrected chi connectivity index (χ1v) is 7.08. The van der Waals surface area contributed by atoms with Crippen molar-refractivity contribution in [2.75, 3.05) is 7.11 Å². The summed E-state index contributed by atoms with van der Waals surface area (Å²) in [5, 5.41) is 2.00. The predicted molar refractivity (Wildman–Crippen MR) is 80.4 cm³/mol. The van der Waals surface area contributed by atoms with Crippen molar-refractivity contribution in [3.63, 3.8) is 0 Å². The van der Waals surface area contributed by atoms with Gasteiger partial charge in [-0.2, -0.15) is 0 Å². The van der Waals surface area contributed by atoms with Crippen LogP contribution in [0.15, 0.2) is 60.1 Å². The first kappa shape index (κ1) is 12.7. The topological polar surface area (TPSA) is 31.2 Å². The summed E-state index contributed by atoms with van der Waals surface area (Å²) in [4.78, 5) is 13.0. The quantitative estimate of drug-likeness (QED) is 0.680. The lowest BCUT2D eigenvalue weighted by Gasteiger charge is -2.09. The minimum absolute atomic E-state index is 0.317. The molecule has 0 bridgehead atoms. The fraction of sp³-hybridized carbons (Fsp3) is 0.0625. The number of carbonyl (C=O) groups is 1. The molecule has 4 heteroatoms. The Hall–Kier alpha value is -2.33. The van der Waals surface area contributed by atoms with Crippen LogP contribution in [0.2, 0.25) is 0 Å². The second kappa shape index (κ2) is 5.35. The van der Waals surface area contributed by atoms with E-state index in [1.54, 1.807) is 17.4 Å². The molecule has 0 atom stereocenters. The van der Waals surface area contributed by atoms with Crippen molar-refractivity contribution in [2.24, 2.45) is 0 Å². The minimum Gasteiger partial charge on any atom is -0.465 e. The van der Waals surface area contributed by atoms with E-state index in [0.717, 1.165) is 16.3 Å². The number of nitrogens with zero attached hydrogens (tertiary/aromatic N) is 1. The van der Waals surface area contributed by atoms with E-state index in [1.807, 2.05) is 58.6 Å². The van der Waals surface area contributed by atoms with Crippen molar-refractivity contribution < 1.29 is 9.53 Å². The van der Waals surface area contributed by atoms with E-state index in [9.17, 15) is 4.79 Å². The molecule has 3 aromatic rings. The molecule has 0 fully saturated rings. The highest BCUT2D eigenvalue weighted by Crippen LogP contribution is 2.31. The summed E-state index contributed by atoms with van der Waals surface area (Å²) in [5.41, 5.74) is 2.47. The van der Waals surface area contributed by atoms with E-state index in [1.165, 1.54) is 7.11 Å². The van der Waals surface area contributed by atoms with Gasteiger partial charge in [0.15, 0.2) is 0 Å². The lowest BCUT2D eigenvalue weighted by molar-refractivity contribution is 0.0602. The number of aromatic nitrogens is 1. The number of ether oxygens (including phenoxy) is 1. The van der Waals surface area contributed by atoms with Gasteiger partial charge in [0.2, 0.25) is 0 Å². The molecule has 1 aromatic carbocycles. The first-order chi connectivity index (χ1) is 9.81. The fourth-order valence-corrected chi connectivity index (χ4v) is 2.96. The van der Waals surface area contributed by atoms with Crippen molar-refractivity contribution in [3.05, 3.63) is 65.7 Å². The Labute approximate surface area is 121 Å². The Kier molecular flexibility index (Phi) is 3.39. The lowest BCUT2D eigenvalue weighted by Crippen LogP contribution is -2.03. The van der Waals surface area contributed by atoms with Crippen molar-refractivity contribution in [1.29, 1.82) is 0 Å².